The average Bonchev–Trinajstić information content (AvgIpc) is 3.41. The van der Waals surface area contributed by atoms with Gasteiger partial charge in [0.1, 0.15) is 5.82 Å². The summed E-state index contributed by atoms with van der Waals surface area (Å²) in [6.45, 7) is -0.503. The number of carbonyl (C=O) groups is 2. The summed E-state index contributed by atoms with van der Waals surface area (Å²) in [5.74, 6) is -1.55. The molecule has 1 aromatic heterocycles. The van der Waals surface area contributed by atoms with E-state index in [-0.39, 0.29) is 22.0 Å². The van der Waals surface area contributed by atoms with Crippen LogP contribution in [0.15, 0.2) is 53.4 Å². The molecule has 1 heterocycles. The van der Waals surface area contributed by atoms with Gasteiger partial charge in [0.25, 0.3) is 0 Å². The number of esters is 1. The second-order valence-electron chi connectivity index (χ2n) is 7.83. The number of carbonyl (C=O) groups excluding carboxylic acids is 2. The van der Waals surface area contributed by atoms with E-state index in [4.69, 9.17) is 4.74 Å². The standard InChI is InChI=1S/C23H22FN3O5S/c1-26(2)33(30,31)18-12-6-15(7-13-18)21(28)14-32-23(29)22-19-4-3-5-20(19)27(25-22)17-10-8-16(24)9-11-17/h6-13H,3-5,14H2,1-2H3. The van der Waals surface area contributed by atoms with Gasteiger partial charge in [-0.25, -0.2) is 26.6 Å². The van der Waals surface area contributed by atoms with E-state index in [1.165, 1.54) is 50.5 Å². The molecule has 1 aliphatic rings. The lowest BCUT2D eigenvalue weighted by molar-refractivity contribution is 0.0467. The monoisotopic (exact) mass is 471 g/mol. The van der Waals surface area contributed by atoms with Gasteiger partial charge in [-0.2, -0.15) is 5.10 Å². The molecule has 0 N–H and O–H groups in total. The molecule has 0 bridgehead atoms. The number of fused-ring (bicyclic) bond motifs is 1. The molecule has 0 radical (unpaired) electrons. The second-order valence-corrected chi connectivity index (χ2v) is 9.98. The number of rotatable bonds is 7. The van der Waals surface area contributed by atoms with Gasteiger partial charge < -0.3 is 4.74 Å². The highest BCUT2D eigenvalue weighted by Gasteiger charge is 2.28. The number of benzene rings is 2. The molecule has 1 aliphatic carbocycles. The molecular formula is C23H22FN3O5S. The fourth-order valence-electron chi connectivity index (χ4n) is 3.70. The molecule has 172 valence electrons. The van der Waals surface area contributed by atoms with Crippen LogP contribution in [0, 0.1) is 5.82 Å². The van der Waals surface area contributed by atoms with Crippen LogP contribution in [0.4, 0.5) is 4.39 Å². The van der Waals surface area contributed by atoms with Gasteiger partial charge in [0.05, 0.1) is 10.6 Å². The minimum Gasteiger partial charge on any atom is -0.453 e. The minimum absolute atomic E-state index is 0.0583. The summed E-state index contributed by atoms with van der Waals surface area (Å²) in [5, 5.41) is 4.37. The first kappa shape index (κ1) is 22.8. The second kappa shape index (κ2) is 8.87. The Bertz CT molecular complexity index is 1310. The zero-order valence-electron chi connectivity index (χ0n) is 18.1. The minimum atomic E-state index is -3.60. The third-order valence-corrected chi connectivity index (χ3v) is 7.31. The molecular weight excluding hydrogens is 449 g/mol. The van der Waals surface area contributed by atoms with Crippen molar-refractivity contribution >= 4 is 21.8 Å². The van der Waals surface area contributed by atoms with Crippen molar-refractivity contribution in [3.8, 4) is 5.69 Å². The molecule has 2 aromatic carbocycles. The highest BCUT2D eigenvalue weighted by atomic mass is 32.2. The van der Waals surface area contributed by atoms with Crippen molar-refractivity contribution in [3.63, 3.8) is 0 Å². The molecule has 0 spiro atoms. The van der Waals surface area contributed by atoms with Crippen LogP contribution in [-0.4, -0.2) is 55.0 Å². The molecule has 4 rings (SSSR count). The van der Waals surface area contributed by atoms with E-state index < -0.39 is 28.4 Å². The molecule has 0 aliphatic heterocycles. The van der Waals surface area contributed by atoms with E-state index in [2.05, 4.69) is 5.10 Å². The topological polar surface area (TPSA) is 98.6 Å². The molecule has 0 saturated heterocycles. The lowest BCUT2D eigenvalue weighted by Gasteiger charge is -2.11. The Kier molecular flexibility index (Phi) is 6.13. The average molecular weight is 472 g/mol. The fraction of sp³-hybridized carbons (Fsp3) is 0.261. The van der Waals surface area contributed by atoms with Gasteiger partial charge in [0.15, 0.2) is 18.1 Å². The molecule has 33 heavy (non-hydrogen) atoms. The molecule has 0 amide bonds. The molecule has 3 aromatic rings. The van der Waals surface area contributed by atoms with E-state index in [0.717, 1.165) is 28.4 Å². The lowest BCUT2D eigenvalue weighted by atomic mass is 10.1. The Balaban J connectivity index is 1.48. The molecule has 10 heteroatoms. The van der Waals surface area contributed by atoms with E-state index in [1.807, 2.05) is 0 Å². The number of ether oxygens (including phenoxy) is 1. The highest BCUT2D eigenvalue weighted by molar-refractivity contribution is 7.89. The molecule has 0 atom stereocenters. The van der Waals surface area contributed by atoms with Crippen molar-refractivity contribution < 1.29 is 27.1 Å². The van der Waals surface area contributed by atoms with E-state index in [1.54, 1.807) is 16.8 Å². The molecule has 0 fully saturated rings. The summed E-state index contributed by atoms with van der Waals surface area (Å²) in [6, 6.07) is 11.2. The van der Waals surface area contributed by atoms with Crippen LogP contribution in [0.2, 0.25) is 0 Å². The number of nitrogens with zero attached hydrogens (tertiary/aromatic N) is 3. The number of halogens is 1. The summed E-state index contributed by atoms with van der Waals surface area (Å²) in [7, 11) is -0.767. The summed E-state index contributed by atoms with van der Waals surface area (Å²) in [5.41, 5.74) is 2.65. The van der Waals surface area contributed by atoms with Crippen molar-refractivity contribution in [3.05, 3.63) is 76.9 Å². The van der Waals surface area contributed by atoms with Crippen LogP contribution >= 0.6 is 0 Å². The number of Topliss-reactive ketones (excluding diaryl/α,β-unsaturated/α-hetero) is 1. The first-order valence-corrected chi connectivity index (χ1v) is 11.7. The van der Waals surface area contributed by atoms with Gasteiger partial charge in [0, 0.05) is 30.9 Å². The highest BCUT2D eigenvalue weighted by Crippen LogP contribution is 2.28. The Morgan fingerprint density at radius 1 is 1.06 bits per heavy atom. The third-order valence-electron chi connectivity index (χ3n) is 5.48. The zero-order valence-corrected chi connectivity index (χ0v) is 18.9. The normalized spacial score (nSPS) is 13.2. The van der Waals surface area contributed by atoms with Crippen molar-refractivity contribution in [1.29, 1.82) is 0 Å². The number of hydrogen-bond acceptors (Lipinski definition) is 6. The predicted molar refractivity (Wildman–Crippen MR) is 117 cm³/mol. The van der Waals surface area contributed by atoms with Crippen molar-refractivity contribution in [2.24, 2.45) is 0 Å². The van der Waals surface area contributed by atoms with Gasteiger partial charge in [0.2, 0.25) is 10.0 Å². The predicted octanol–water partition coefficient (Wildman–Crippen LogP) is 2.79. The van der Waals surface area contributed by atoms with Crippen LogP contribution in [0.5, 0.6) is 0 Å². The smallest absolute Gasteiger partial charge is 0.359 e. The van der Waals surface area contributed by atoms with Crippen LogP contribution < -0.4 is 0 Å². The summed E-state index contributed by atoms with van der Waals surface area (Å²) >= 11 is 0. The summed E-state index contributed by atoms with van der Waals surface area (Å²) in [4.78, 5) is 25.2. The Hall–Kier alpha value is -3.37. The lowest BCUT2D eigenvalue weighted by Crippen LogP contribution is -2.22. The zero-order chi connectivity index (χ0) is 23.8. The van der Waals surface area contributed by atoms with E-state index in [0.29, 0.717) is 12.1 Å². The van der Waals surface area contributed by atoms with Crippen molar-refractivity contribution in [1.82, 2.24) is 14.1 Å². The maximum atomic E-state index is 13.3. The molecule has 8 nitrogen and oxygen atoms in total. The largest absolute Gasteiger partial charge is 0.453 e. The SMILES string of the molecule is CN(C)S(=O)(=O)c1ccc(C(=O)COC(=O)c2nn(-c3ccc(F)cc3)c3c2CCC3)cc1. The van der Waals surface area contributed by atoms with Crippen LogP contribution in [-0.2, 0) is 27.6 Å². The number of ketones is 1. The maximum absolute atomic E-state index is 13.3. The molecule has 0 saturated carbocycles. The van der Waals surface area contributed by atoms with Gasteiger partial charge in [-0.15, -0.1) is 0 Å². The summed E-state index contributed by atoms with van der Waals surface area (Å²) in [6.07, 6.45) is 2.25. The van der Waals surface area contributed by atoms with Crippen molar-refractivity contribution in [2.75, 3.05) is 20.7 Å². The first-order chi connectivity index (χ1) is 15.7. The van der Waals surface area contributed by atoms with Crippen LogP contribution in [0.1, 0.15) is 38.5 Å². The van der Waals surface area contributed by atoms with Gasteiger partial charge >= 0.3 is 5.97 Å². The number of aromatic nitrogens is 2. The van der Waals surface area contributed by atoms with Crippen LogP contribution in [0.3, 0.4) is 0 Å². The van der Waals surface area contributed by atoms with E-state index in [9.17, 15) is 22.4 Å². The number of sulfonamides is 1. The maximum Gasteiger partial charge on any atom is 0.359 e. The summed E-state index contributed by atoms with van der Waals surface area (Å²) < 4.78 is 45.5. The van der Waals surface area contributed by atoms with Crippen LogP contribution in [0.25, 0.3) is 5.69 Å². The number of hydrogen-bond donors (Lipinski definition) is 0. The van der Waals surface area contributed by atoms with Gasteiger partial charge in [-0.1, -0.05) is 0 Å². The van der Waals surface area contributed by atoms with Gasteiger partial charge in [-0.05, 0) is 67.8 Å². The molecule has 0 unspecified atom stereocenters. The first-order valence-electron chi connectivity index (χ1n) is 10.3. The third kappa shape index (κ3) is 4.44. The van der Waals surface area contributed by atoms with Gasteiger partial charge in [-0.3, -0.25) is 4.79 Å². The quantitative estimate of drug-likeness (QED) is 0.388. The Morgan fingerprint density at radius 3 is 2.36 bits per heavy atom. The Labute approximate surface area is 190 Å². The fourth-order valence-corrected chi connectivity index (χ4v) is 4.61. The van der Waals surface area contributed by atoms with Crippen molar-refractivity contribution in [2.45, 2.75) is 24.2 Å². The van der Waals surface area contributed by atoms with E-state index >= 15 is 0 Å². The Morgan fingerprint density at radius 2 is 1.73 bits per heavy atom.